The Labute approximate surface area is 114 Å². The van der Waals surface area contributed by atoms with Gasteiger partial charge in [0.1, 0.15) is 0 Å². The Balaban J connectivity index is 1.83. The second kappa shape index (κ2) is 6.19. The Morgan fingerprint density at radius 3 is 2.47 bits per heavy atom. The first kappa shape index (κ1) is 14.7. The van der Waals surface area contributed by atoms with Gasteiger partial charge in [0.05, 0.1) is 12.2 Å². The molecule has 6 nitrogen and oxygen atoms in total. The van der Waals surface area contributed by atoms with Crippen molar-refractivity contribution in [2.24, 2.45) is 5.92 Å². The monoisotopic (exact) mass is 290 g/mol. The minimum Gasteiger partial charge on any atom is -0.481 e. The van der Waals surface area contributed by atoms with Crippen LogP contribution >= 0.6 is 0 Å². The Morgan fingerprint density at radius 2 is 1.95 bits per heavy atom. The van der Waals surface area contributed by atoms with Crippen molar-refractivity contribution in [3.05, 3.63) is 0 Å². The molecule has 1 atom stereocenters. The average molecular weight is 290 g/mol. The van der Waals surface area contributed by atoms with E-state index in [1.807, 2.05) is 0 Å². The van der Waals surface area contributed by atoms with E-state index in [1.54, 1.807) is 0 Å². The van der Waals surface area contributed by atoms with Crippen LogP contribution in [-0.2, 0) is 14.8 Å². The van der Waals surface area contributed by atoms with Gasteiger partial charge in [0.2, 0.25) is 10.0 Å². The molecule has 0 aromatic rings. The van der Waals surface area contributed by atoms with Crippen LogP contribution in [0.5, 0.6) is 0 Å². The van der Waals surface area contributed by atoms with E-state index in [-0.39, 0.29) is 12.2 Å². The first-order valence-corrected chi connectivity index (χ1v) is 8.53. The van der Waals surface area contributed by atoms with Crippen LogP contribution in [-0.4, -0.2) is 55.2 Å². The predicted octanol–water partition coefficient (Wildman–Crippen LogP) is 0.255. The van der Waals surface area contributed by atoms with Crippen molar-refractivity contribution < 1.29 is 18.3 Å². The molecule has 2 rings (SSSR count). The van der Waals surface area contributed by atoms with Gasteiger partial charge in [0.15, 0.2) is 0 Å². The third kappa shape index (κ3) is 3.90. The molecule has 2 heterocycles. The molecular weight excluding hydrogens is 268 g/mol. The molecule has 2 aliphatic heterocycles. The van der Waals surface area contributed by atoms with Gasteiger partial charge in [0.25, 0.3) is 0 Å². The molecule has 7 heteroatoms. The maximum atomic E-state index is 12.0. The molecule has 2 N–H and O–H groups in total. The third-order valence-electron chi connectivity index (χ3n) is 4.13. The van der Waals surface area contributed by atoms with E-state index in [1.165, 1.54) is 17.1 Å². The molecule has 19 heavy (non-hydrogen) atoms. The van der Waals surface area contributed by atoms with Gasteiger partial charge in [-0.3, -0.25) is 4.79 Å². The number of piperidine rings is 1. The molecule has 0 spiro atoms. The van der Waals surface area contributed by atoms with Crippen molar-refractivity contribution in [2.75, 3.05) is 25.4 Å². The molecule has 2 aliphatic rings. The minimum atomic E-state index is -3.39. The van der Waals surface area contributed by atoms with Crippen molar-refractivity contribution in [2.45, 2.75) is 38.1 Å². The van der Waals surface area contributed by atoms with Crippen molar-refractivity contribution in [3.8, 4) is 0 Å². The van der Waals surface area contributed by atoms with E-state index >= 15 is 0 Å². The zero-order valence-corrected chi connectivity index (χ0v) is 11.9. The number of rotatable bonds is 5. The summed E-state index contributed by atoms with van der Waals surface area (Å²) >= 11 is 0. The lowest BCUT2D eigenvalue weighted by atomic mass is 9.89. The highest BCUT2D eigenvalue weighted by molar-refractivity contribution is 7.89. The molecule has 0 bridgehead atoms. The summed E-state index contributed by atoms with van der Waals surface area (Å²) in [5.41, 5.74) is 0. The van der Waals surface area contributed by atoms with E-state index in [9.17, 15) is 13.2 Å². The Hall–Kier alpha value is -0.660. The van der Waals surface area contributed by atoms with Crippen LogP contribution in [0.4, 0.5) is 0 Å². The van der Waals surface area contributed by atoms with Gasteiger partial charge in [-0.25, -0.2) is 12.7 Å². The number of carboxylic acids is 1. The lowest BCUT2D eigenvalue weighted by Gasteiger charge is -2.34. The summed E-state index contributed by atoms with van der Waals surface area (Å²) in [6, 6.07) is 0.545. The Bertz CT molecular complexity index is 409. The van der Waals surface area contributed by atoms with Crippen LogP contribution in [0.2, 0.25) is 0 Å². The van der Waals surface area contributed by atoms with E-state index in [0.29, 0.717) is 25.0 Å². The molecule has 0 radical (unpaired) electrons. The lowest BCUT2D eigenvalue weighted by Crippen LogP contribution is -2.44. The Morgan fingerprint density at radius 1 is 1.26 bits per heavy atom. The summed E-state index contributed by atoms with van der Waals surface area (Å²) in [5, 5.41) is 12.0. The summed E-state index contributed by atoms with van der Waals surface area (Å²) in [6.45, 7) is 2.14. The minimum absolute atomic E-state index is 0.283. The second-order valence-corrected chi connectivity index (χ2v) is 7.49. The van der Waals surface area contributed by atoms with Gasteiger partial charge in [-0.2, -0.15) is 0 Å². The molecule has 0 amide bonds. The molecule has 0 aliphatic carbocycles. The summed E-state index contributed by atoms with van der Waals surface area (Å²) in [7, 11) is -3.39. The fraction of sp³-hybridized carbons (Fsp3) is 0.917. The number of carbonyl (C=O) groups is 1. The summed E-state index contributed by atoms with van der Waals surface area (Å²) < 4.78 is 25.4. The van der Waals surface area contributed by atoms with Crippen LogP contribution in [0.1, 0.15) is 32.1 Å². The molecule has 0 aromatic heterocycles. The van der Waals surface area contributed by atoms with Crippen LogP contribution in [0, 0.1) is 5.92 Å². The number of hydrogen-bond acceptors (Lipinski definition) is 4. The number of nitrogens with one attached hydrogen (secondary N) is 1. The quantitative estimate of drug-likeness (QED) is 0.758. The van der Waals surface area contributed by atoms with Gasteiger partial charge in [0, 0.05) is 19.1 Å². The summed E-state index contributed by atoms with van der Waals surface area (Å²) in [5.74, 6) is -0.781. The van der Waals surface area contributed by atoms with Crippen LogP contribution in [0.15, 0.2) is 0 Å². The molecule has 1 unspecified atom stereocenters. The van der Waals surface area contributed by atoms with Gasteiger partial charge in [-0.15, -0.1) is 0 Å². The first-order chi connectivity index (χ1) is 8.99. The standard InChI is InChI=1S/C12H22N2O4S/c15-12(16)5-9-19(17,18)14-7-3-10(4-8-14)11-2-1-6-13-11/h10-11,13H,1-9H2,(H,15,16). The van der Waals surface area contributed by atoms with E-state index in [4.69, 9.17) is 5.11 Å². The number of sulfonamides is 1. The zero-order valence-electron chi connectivity index (χ0n) is 11.0. The van der Waals surface area contributed by atoms with Crippen molar-refractivity contribution in [3.63, 3.8) is 0 Å². The molecular formula is C12H22N2O4S. The van der Waals surface area contributed by atoms with E-state index in [2.05, 4.69) is 5.32 Å². The normalized spacial score (nSPS) is 26.6. The molecule has 0 aromatic carbocycles. The number of nitrogens with zero attached hydrogens (tertiary/aromatic N) is 1. The zero-order chi connectivity index (χ0) is 13.9. The van der Waals surface area contributed by atoms with Crippen LogP contribution in [0.25, 0.3) is 0 Å². The number of carboxylic acid groups (broad SMARTS) is 1. The second-order valence-electron chi connectivity index (χ2n) is 5.40. The highest BCUT2D eigenvalue weighted by Gasteiger charge is 2.32. The largest absolute Gasteiger partial charge is 0.481 e. The molecule has 110 valence electrons. The van der Waals surface area contributed by atoms with Gasteiger partial charge >= 0.3 is 5.97 Å². The van der Waals surface area contributed by atoms with Crippen molar-refractivity contribution >= 4 is 16.0 Å². The van der Waals surface area contributed by atoms with Crippen LogP contribution < -0.4 is 5.32 Å². The van der Waals surface area contributed by atoms with Gasteiger partial charge < -0.3 is 10.4 Å². The summed E-state index contributed by atoms with van der Waals surface area (Å²) in [4.78, 5) is 10.5. The average Bonchev–Trinajstić information content (AvgIpc) is 2.91. The molecule has 2 saturated heterocycles. The number of hydrogen-bond donors (Lipinski definition) is 2. The van der Waals surface area contributed by atoms with E-state index < -0.39 is 16.0 Å². The third-order valence-corrected chi connectivity index (χ3v) is 6.01. The maximum Gasteiger partial charge on any atom is 0.304 e. The maximum absolute atomic E-state index is 12.0. The van der Waals surface area contributed by atoms with Crippen molar-refractivity contribution in [1.82, 2.24) is 9.62 Å². The highest BCUT2D eigenvalue weighted by Crippen LogP contribution is 2.26. The predicted molar refractivity (Wildman–Crippen MR) is 71.4 cm³/mol. The van der Waals surface area contributed by atoms with Gasteiger partial charge in [-0.1, -0.05) is 0 Å². The van der Waals surface area contributed by atoms with Gasteiger partial charge in [-0.05, 0) is 38.1 Å². The fourth-order valence-electron chi connectivity index (χ4n) is 3.02. The summed E-state index contributed by atoms with van der Waals surface area (Å²) in [6.07, 6.45) is 3.85. The highest BCUT2D eigenvalue weighted by atomic mass is 32.2. The SMILES string of the molecule is O=C(O)CCS(=O)(=O)N1CCC(C2CCCN2)CC1. The van der Waals surface area contributed by atoms with Crippen LogP contribution in [0.3, 0.4) is 0 Å². The lowest BCUT2D eigenvalue weighted by molar-refractivity contribution is -0.136. The topological polar surface area (TPSA) is 86.7 Å². The van der Waals surface area contributed by atoms with E-state index in [0.717, 1.165) is 19.4 Å². The molecule has 2 fully saturated rings. The molecule has 0 saturated carbocycles. The van der Waals surface area contributed by atoms with Crippen molar-refractivity contribution in [1.29, 1.82) is 0 Å². The smallest absolute Gasteiger partial charge is 0.304 e. The number of aliphatic carboxylic acids is 1. The first-order valence-electron chi connectivity index (χ1n) is 6.92. The Kier molecular flexibility index (Phi) is 4.81. The fourth-order valence-corrected chi connectivity index (χ4v) is 4.47.